The summed E-state index contributed by atoms with van der Waals surface area (Å²) in [5.41, 5.74) is 1.80. The molecule has 0 fully saturated rings. The Kier molecular flexibility index (Phi) is 6.15. The van der Waals surface area contributed by atoms with Crippen molar-refractivity contribution >= 4 is 27.3 Å². The van der Waals surface area contributed by atoms with Gasteiger partial charge in [-0.1, -0.05) is 29.8 Å². The predicted molar refractivity (Wildman–Crippen MR) is 125 cm³/mol. The minimum absolute atomic E-state index is 0.142. The van der Waals surface area contributed by atoms with Crippen LogP contribution in [0.5, 0.6) is 17.2 Å². The molecule has 8 nitrogen and oxygen atoms in total. The molecule has 1 atom stereocenters. The molecule has 3 aromatic carbocycles. The maximum atomic E-state index is 13.5. The molecule has 0 radical (unpaired) electrons. The van der Waals surface area contributed by atoms with Gasteiger partial charge in [0.25, 0.3) is 15.9 Å². The van der Waals surface area contributed by atoms with E-state index in [1.807, 2.05) is 6.92 Å². The van der Waals surface area contributed by atoms with Crippen molar-refractivity contribution in [3.63, 3.8) is 0 Å². The number of carbonyl (C=O) groups excluding carboxylic acids is 1. The van der Waals surface area contributed by atoms with Crippen LogP contribution in [0.4, 0.5) is 11.4 Å². The molecule has 0 aromatic heterocycles. The van der Waals surface area contributed by atoms with Gasteiger partial charge < -0.3 is 19.5 Å². The molecular formula is C24H24N2O6S. The number of ether oxygens (including phenoxy) is 3. The van der Waals surface area contributed by atoms with Gasteiger partial charge in [0.05, 0.1) is 31.3 Å². The molecule has 0 unspecified atom stereocenters. The van der Waals surface area contributed by atoms with Crippen molar-refractivity contribution in [2.45, 2.75) is 17.9 Å². The topological polar surface area (TPSA) is 94.2 Å². The van der Waals surface area contributed by atoms with Crippen LogP contribution in [-0.2, 0) is 14.8 Å². The molecule has 1 aliphatic heterocycles. The van der Waals surface area contributed by atoms with Crippen LogP contribution in [0.1, 0.15) is 5.56 Å². The number of rotatable bonds is 6. The zero-order valence-corrected chi connectivity index (χ0v) is 19.3. The Balaban J connectivity index is 1.63. The van der Waals surface area contributed by atoms with E-state index in [1.165, 1.54) is 18.5 Å². The molecule has 0 aliphatic carbocycles. The molecule has 1 amide bonds. The SMILES string of the molecule is COc1ccc(NC(=O)[C@H]2CN(S(=O)(=O)c3ccc(C)cc3)c3ccccc3O2)cc1OC. The van der Waals surface area contributed by atoms with Gasteiger partial charge in [-0.25, -0.2) is 8.42 Å². The third-order valence-electron chi connectivity index (χ3n) is 5.29. The van der Waals surface area contributed by atoms with Crippen LogP contribution in [0, 0.1) is 6.92 Å². The molecule has 1 aliphatic rings. The Morgan fingerprint density at radius 1 is 1.00 bits per heavy atom. The van der Waals surface area contributed by atoms with E-state index in [9.17, 15) is 13.2 Å². The smallest absolute Gasteiger partial charge is 0.267 e. The molecule has 1 heterocycles. The highest BCUT2D eigenvalue weighted by Crippen LogP contribution is 2.37. The fourth-order valence-electron chi connectivity index (χ4n) is 3.54. The van der Waals surface area contributed by atoms with Crippen molar-refractivity contribution in [2.24, 2.45) is 0 Å². The van der Waals surface area contributed by atoms with Crippen molar-refractivity contribution < 1.29 is 27.4 Å². The first-order valence-electron chi connectivity index (χ1n) is 10.2. The van der Waals surface area contributed by atoms with Gasteiger partial charge in [-0.05, 0) is 43.3 Å². The molecule has 172 valence electrons. The average molecular weight is 469 g/mol. The number of aryl methyl sites for hydroxylation is 1. The van der Waals surface area contributed by atoms with Gasteiger partial charge in [0.15, 0.2) is 17.6 Å². The van der Waals surface area contributed by atoms with Crippen LogP contribution in [-0.4, -0.2) is 41.2 Å². The highest BCUT2D eigenvalue weighted by atomic mass is 32.2. The molecule has 0 saturated heterocycles. The number of hydrogen-bond donors (Lipinski definition) is 1. The highest BCUT2D eigenvalue weighted by Gasteiger charge is 2.37. The van der Waals surface area contributed by atoms with E-state index >= 15 is 0 Å². The molecule has 4 rings (SSSR count). The van der Waals surface area contributed by atoms with Crippen molar-refractivity contribution in [1.82, 2.24) is 0 Å². The summed E-state index contributed by atoms with van der Waals surface area (Å²) in [7, 11) is -0.896. The van der Waals surface area contributed by atoms with Gasteiger partial charge >= 0.3 is 0 Å². The average Bonchev–Trinajstić information content (AvgIpc) is 2.83. The van der Waals surface area contributed by atoms with Crippen molar-refractivity contribution in [2.75, 3.05) is 30.4 Å². The van der Waals surface area contributed by atoms with Crippen molar-refractivity contribution in [1.29, 1.82) is 0 Å². The van der Waals surface area contributed by atoms with E-state index in [2.05, 4.69) is 5.32 Å². The van der Waals surface area contributed by atoms with Gasteiger partial charge in [-0.2, -0.15) is 0 Å². The number of fused-ring (bicyclic) bond motifs is 1. The Hall–Kier alpha value is -3.72. The summed E-state index contributed by atoms with van der Waals surface area (Å²) < 4.78 is 44.5. The minimum Gasteiger partial charge on any atom is -0.493 e. The maximum absolute atomic E-state index is 13.5. The van der Waals surface area contributed by atoms with E-state index in [4.69, 9.17) is 14.2 Å². The summed E-state index contributed by atoms with van der Waals surface area (Å²) >= 11 is 0. The third kappa shape index (κ3) is 4.45. The van der Waals surface area contributed by atoms with Crippen LogP contribution < -0.4 is 23.8 Å². The zero-order valence-electron chi connectivity index (χ0n) is 18.4. The first kappa shape index (κ1) is 22.5. The summed E-state index contributed by atoms with van der Waals surface area (Å²) in [6.07, 6.45) is -1.06. The predicted octanol–water partition coefficient (Wildman–Crippen LogP) is 3.61. The van der Waals surface area contributed by atoms with Crippen molar-refractivity contribution in [3.05, 3.63) is 72.3 Å². The molecule has 9 heteroatoms. The highest BCUT2D eigenvalue weighted by molar-refractivity contribution is 7.92. The van der Waals surface area contributed by atoms with Gasteiger partial charge in [0.2, 0.25) is 0 Å². The second-order valence-corrected chi connectivity index (χ2v) is 9.34. The molecule has 33 heavy (non-hydrogen) atoms. The molecular weight excluding hydrogens is 444 g/mol. The van der Waals surface area contributed by atoms with Crippen LogP contribution in [0.25, 0.3) is 0 Å². The Bertz CT molecular complexity index is 1270. The number of amides is 1. The summed E-state index contributed by atoms with van der Waals surface area (Å²) in [5.74, 6) is 0.801. The van der Waals surface area contributed by atoms with Crippen LogP contribution >= 0.6 is 0 Å². The van der Waals surface area contributed by atoms with Crippen LogP contribution in [0.3, 0.4) is 0 Å². The van der Waals surface area contributed by atoms with E-state index in [0.29, 0.717) is 28.6 Å². The van der Waals surface area contributed by atoms with E-state index in [-0.39, 0.29) is 11.4 Å². The lowest BCUT2D eigenvalue weighted by Gasteiger charge is -2.34. The zero-order chi connectivity index (χ0) is 23.6. The first-order valence-corrected chi connectivity index (χ1v) is 11.7. The lowest BCUT2D eigenvalue weighted by molar-refractivity contribution is -0.122. The fraction of sp³-hybridized carbons (Fsp3) is 0.208. The number of para-hydroxylation sites is 2. The molecule has 1 N–H and O–H groups in total. The molecule has 0 saturated carbocycles. The standard InChI is InChI=1S/C24H24N2O6S/c1-16-8-11-18(12-9-16)33(28,29)26-15-23(32-20-7-5-4-6-19(20)26)24(27)25-17-10-13-21(30-2)22(14-17)31-3/h4-14,23H,15H2,1-3H3,(H,25,27)/t23-/m1/s1. The lowest BCUT2D eigenvalue weighted by Crippen LogP contribution is -2.48. The van der Waals surface area contributed by atoms with Gasteiger partial charge in [0.1, 0.15) is 5.75 Å². The number of sulfonamides is 1. The van der Waals surface area contributed by atoms with Gasteiger partial charge in [-0.3, -0.25) is 9.10 Å². The number of benzene rings is 3. The second kappa shape index (κ2) is 9.03. The normalized spacial score (nSPS) is 15.2. The molecule has 3 aromatic rings. The van der Waals surface area contributed by atoms with E-state index < -0.39 is 22.0 Å². The quantitative estimate of drug-likeness (QED) is 0.594. The third-order valence-corrected chi connectivity index (χ3v) is 7.08. The first-order chi connectivity index (χ1) is 15.8. The summed E-state index contributed by atoms with van der Waals surface area (Å²) in [4.78, 5) is 13.2. The number of carbonyl (C=O) groups is 1. The fourth-order valence-corrected chi connectivity index (χ4v) is 5.02. The number of hydrogen-bond acceptors (Lipinski definition) is 6. The van der Waals surface area contributed by atoms with Gasteiger partial charge in [-0.15, -0.1) is 0 Å². The Labute approximate surface area is 192 Å². The Morgan fingerprint density at radius 2 is 1.70 bits per heavy atom. The van der Waals surface area contributed by atoms with E-state index in [1.54, 1.807) is 66.7 Å². The van der Waals surface area contributed by atoms with E-state index in [0.717, 1.165) is 5.56 Å². The number of methoxy groups -OCH3 is 2. The lowest BCUT2D eigenvalue weighted by atomic mass is 10.2. The van der Waals surface area contributed by atoms with Gasteiger partial charge in [0, 0.05) is 11.8 Å². The maximum Gasteiger partial charge on any atom is 0.267 e. The summed E-state index contributed by atoms with van der Waals surface area (Å²) in [6.45, 7) is 1.71. The van der Waals surface area contributed by atoms with Crippen LogP contribution in [0.15, 0.2) is 71.6 Å². The Morgan fingerprint density at radius 3 is 2.39 bits per heavy atom. The van der Waals surface area contributed by atoms with Crippen LogP contribution in [0.2, 0.25) is 0 Å². The minimum atomic E-state index is -3.91. The number of nitrogens with zero attached hydrogens (tertiary/aromatic N) is 1. The summed E-state index contributed by atoms with van der Waals surface area (Å²) in [5, 5.41) is 2.77. The molecule has 0 spiro atoms. The number of anilines is 2. The van der Waals surface area contributed by atoms with Crippen molar-refractivity contribution in [3.8, 4) is 17.2 Å². The monoisotopic (exact) mass is 468 g/mol. The summed E-state index contributed by atoms with van der Waals surface area (Å²) in [6, 6.07) is 18.3. The largest absolute Gasteiger partial charge is 0.493 e. The number of nitrogens with one attached hydrogen (secondary N) is 1. The molecule has 0 bridgehead atoms. The second-order valence-electron chi connectivity index (χ2n) is 7.48.